The minimum Gasteiger partial charge on any atom is -0.350 e. The van der Waals surface area contributed by atoms with Gasteiger partial charge in [-0.2, -0.15) is 5.10 Å². The Kier molecular flexibility index (Phi) is 8.19. The number of carbonyl (C=O) groups excluding carboxylic acids is 2. The predicted molar refractivity (Wildman–Crippen MR) is 161 cm³/mol. The maximum Gasteiger partial charge on any atom is 0.240 e. The van der Waals surface area contributed by atoms with Crippen LogP contribution in [-0.2, 0) is 21.5 Å². The Hall–Kier alpha value is -4.05. The summed E-state index contributed by atoms with van der Waals surface area (Å²) in [5.41, 5.74) is 4.65. The summed E-state index contributed by atoms with van der Waals surface area (Å²) in [5, 5.41) is 7.28. The van der Waals surface area contributed by atoms with E-state index in [0.29, 0.717) is 17.1 Å². The van der Waals surface area contributed by atoms with Crippen LogP contribution in [0.25, 0.3) is 5.69 Å². The molecular formula is C32H33F2N5O2S. The van der Waals surface area contributed by atoms with E-state index in [1.165, 1.54) is 28.8 Å². The molecule has 4 aromatic rings. The van der Waals surface area contributed by atoms with E-state index < -0.39 is 22.3 Å². The number of thioether (sulfide) groups is 1. The van der Waals surface area contributed by atoms with Gasteiger partial charge in [0, 0.05) is 41.5 Å². The molecule has 42 heavy (non-hydrogen) atoms. The summed E-state index contributed by atoms with van der Waals surface area (Å²) in [6, 6.07) is 13.0. The lowest BCUT2D eigenvalue weighted by Crippen LogP contribution is -2.42. The molecule has 0 aliphatic carbocycles. The maximum atomic E-state index is 15.3. The summed E-state index contributed by atoms with van der Waals surface area (Å²) in [4.78, 5) is 32.6. The summed E-state index contributed by atoms with van der Waals surface area (Å²) < 4.78 is 31.0. The van der Waals surface area contributed by atoms with Crippen molar-refractivity contribution >= 4 is 29.4 Å². The van der Waals surface area contributed by atoms with Crippen LogP contribution >= 0.6 is 11.8 Å². The number of benzene rings is 2. The van der Waals surface area contributed by atoms with Gasteiger partial charge in [-0.1, -0.05) is 44.5 Å². The Morgan fingerprint density at radius 1 is 1.07 bits per heavy atom. The maximum absolute atomic E-state index is 15.3. The number of nitrogens with one attached hydrogen (secondary N) is 1. The van der Waals surface area contributed by atoms with Crippen molar-refractivity contribution in [2.24, 2.45) is 0 Å². The Balaban J connectivity index is 1.70. The van der Waals surface area contributed by atoms with E-state index in [4.69, 9.17) is 5.10 Å². The largest absolute Gasteiger partial charge is 0.350 e. The SMILES string of the molecule is Cc1ccc(-n2nc(C(C)(C)C)c3c2N(CC(=O)NCc2ccncc2)C(=O)CS[C@H]3c2ccc(F)cc2F)c(C)c1. The molecule has 0 unspecified atom stereocenters. The van der Waals surface area contributed by atoms with E-state index in [9.17, 15) is 14.0 Å². The molecule has 218 valence electrons. The monoisotopic (exact) mass is 589 g/mol. The molecule has 3 heterocycles. The number of nitrogens with zero attached hydrogens (tertiary/aromatic N) is 4. The van der Waals surface area contributed by atoms with Gasteiger partial charge in [-0.15, -0.1) is 11.8 Å². The number of pyridine rings is 1. The first-order chi connectivity index (χ1) is 19.9. The van der Waals surface area contributed by atoms with Crippen LogP contribution < -0.4 is 10.2 Å². The number of halogens is 2. The van der Waals surface area contributed by atoms with Gasteiger partial charge in [-0.05, 0) is 49.2 Å². The van der Waals surface area contributed by atoms with Crippen molar-refractivity contribution in [1.82, 2.24) is 20.1 Å². The second-order valence-corrected chi connectivity index (χ2v) is 12.6. The van der Waals surface area contributed by atoms with Crippen LogP contribution in [0.3, 0.4) is 0 Å². The highest BCUT2D eigenvalue weighted by Crippen LogP contribution is 2.49. The van der Waals surface area contributed by atoms with Gasteiger partial charge in [0.25, 0.3) is 0 Å². The molecule has 7 nitrogen and oxygen atoms in total. The molecule has 2 aromatic heterocycles. The number of amides is 2. The van der Waals surface area contributed by atoms with Crippen molar-refractivity contribution < 1.29 is 18.4 Å². The summed E-state index contributed by atoms with van der Waals surface area (Å²) in [6.07, 6.45) is 3.29. The second-order valence-electron chi connectivity index (χ2n) is 11.5. The fraction of sp³-hybridized carbons (Fsp3) is 0.312. The molecule has 1 aliphatic rings. The van der Waals surface area contributed by atoms with Gasteiger partial charge in [0.1, 0.15) is 24.0 Å². The van der Waals surface area contributed by atoms with Gasteiger partial charge >= 0.3 is 0 Å². The number of carbonyl (C=O) groups is 2. The molecular weight excluding hydrogens is 556 g/mol. The standard InChI is InChI=1S/C32H33F2N5O2S/c1-19-6-9-25(20(2)14-19)39-31-28(30(37-39)32(3,4)5)29(23-8-7-22(33)15-24(23)34)42-18-27(41)38(31)17-26(40)36-16-21-10-12-35-13-11-21/h6-15,29H,16-18H2,1-5H3,(H,36,40)/t29-/m0/s1. The highest BCUT2D eigenvalue weighted by molar-refractivity contribution is 8.00. The molecule has 0 saturated carbocycles. The van der Waals surface area contributed by atoms with E-state index in [1.807, 2.05) is 52.8 Å². The number of aryl methyl sites for hydroxylation is 2. The number of rotatable bonds is 6. The molecule has 1 aliphatic heterocycles. The van der Waals surface area contributed by atoms with Crippen molar-refractivity contribution in [3.05, 3.63) is 106 Å². The lowest BCUT2D eigenvalue weighted by Gasteiger charge is -2.25. The molecule has 0 bridgehead atoms. The van der Waals surface area contributed by atoms with Crippen LogP contribution in [-0.4, -0.2) is 38.9 Å². The van der Waals surface area contributed by atoms with Gasteiger partial charge < -0.3 is 5.32 Å². The van der Waals surface area contributed by atoms with E-state index in [0.717, 1.165) is 28.4 Å². The summed E-state index contributed by atoms with van der Waals surface area (Å²) in [5.74, 6) is -1.64. The summed E-state index contributed by atoms with van der Waals surface area (Å²) in [7, 11) is 0. The first-order valence-electron chi connectivity index (χ1n) is 13.7. The minimum absolute atomic E-state index is 0.00966. The Morgan fingerprint density at radius 2 is 1.81 bits per heavy atom. The third-order valence-corrected chi connectivity index (χ3v) is 8.40. The van der Waals surface area contributed by atoms with Gasteiger partial charge in [-0.25, -0.2) is 13.5 Å². The Bertz CT molecular complexity index is 1650. The van der Waals surface area contributed by atoms with E-state index in [2.05, 4.69) is 10.3 Å². The lowest BCUT2D eigenvalue weighted by atomic mass is 9.87. The highest BCUT2D eigenvalue weighted by Gasteiger charge is 2.40. The first-order valence-corrected chi connectivity index (χ1v) is 14.7. The average Bonchev–Trinajstić information content (AvgIpc) is 3.26. The number of anilines is 1. The fourth-order valence-electron chi connectivity index (χ4n) is 5.14. The zero-order valence-corrected chi connectivity index (χ0v) is 25.1. The third-order valence-electron chi connectivity index (χ3n) is 7.17. The Labute approximate surface area is 248 Å². The Morgan fingerprint density at radius 3 is 2.48 bits per heavy atom. The summed E-state index contributed by atoms with van der Waals surface area (Å²) >= 11 is 1.25. The quantitative estimate of drug-likeness (QED) is 0.301. The molecule has 0 fully saturated rings. The molecule has 5 rings (SSSR count). The van der Waals surface area contributed by atoms with Crippen LogP contribution in [0.2, 0.25) is 0 Å². The van der Waals surface area contributed by atoms with Crippen molar-refractivity contribution in [3.63, 3.8) is 0 Å². The van der Waals surface area contributed by atoms with Crippen LogP contribution in [0.15, 0.2) is 60.9 Å². The van der Waals surface area contributed by atoms with Crippen LogP contribution in [0.1, 0.15) is 59.5 Å². The molecule has 0 radical (unpaired) electrons. The molecule has 2 aromatic carbocycles. The van der Waals surface area contributed by atoms with Gasteiger partial charge in [-0.3, -0.25) is 19.5 Å². The zero-order valence-electron chi connectivity index (χ0n) is 24.2. The van der Waals surface area contributed by atoms with Gasteiger partial charge in [0.05, 0.1) is 22.4 Å². The van der Waals surface area contributed by atoms with Crippen LogP contribution in [0.5, 0.6) is 0 Å². The van der Waals surface area contributed by atoms with Crippen LogP contribution in [0, 0.1) is 25.5 Å². The molecule has 10 heteroatoms. The molecule has 0 saturated heterocycles. The number of fused-ring (bicyclic) bond motifs is 1. The number of hydrogen-bond donors (Lipinski definition) is 1. The molecule has 1 atom stereocenters. The van der Waals surface area contributed by atoms with Crippen LogP contribution in [0.4, 0.5) is 14.6 Å². The normalized spacial score (nSPS) is 15.4. The van der Waals surface area contributed by atoms with Crippen molar-refractivity contribution in [2.45, 2.75) is 51.8 Å². The zero-order chi connectivity index (χ0) is 30.2. The summed E-state index contributed by atoms with van der Waals surface area (Å²) in [6.45, 7) is 9.99. The molecule has 1 N–H and O–H groups in total. The van der Waals surface area contributed by atoms with Gasteiger partial charge in [0.15, 0.2) is 0 Å². The van der Waals surface area contributed by atoms with E-state index >= 15 is 4.39 Å². The van der Waals surface area contributed by atoms with E-state index in [1.54, 1.807) is 29.2 Å². The van der Waals surface area contributed by atoms with E-state index in [-0.39, 0.29) is 36.2 Å². The highest BCUT2D eigenvalue weighted by atomic mass is 32.2. The van der Waals surface area contributed by atoms with Crippen molar-refractivity contribution in [1.29, 1.82) is 0 Å². The third kappa shape index (κ3) is 5.94. The molecule has 2 amide bonds. The molecule has 0 spiro atoms. The number of hydrogen-bond acceptors (Lipinski definition) is 5. The minimum atomic E-state index is -0.700. The predicted octanol–water partition coefficient (Wildman–Crippen LogP) is 5.95. The lowest BCUT2D eigenvalue weighted by molar-refractivity contribution is -0.123. The first kappa shape index (κ1) is 29.4. The average molecular weight is 590 g/mol. The number of aromatic nitrogens is 3. The smallest absolute Gasteiger partial charge is 0.240 e. The van der Waals surface area contributed by atoms with Crippen molar-refractivity contribution in [3.8, 4) is 5.69 Å². The topological polar surface area (TPSA) is 80.1 Å². The fourth-order valence-corrected chi connectivity index (χ4v) is 6.36. The van der Waals surface area contributed by atoms with Gasteiger partial charge in [0.2, 0.25) is 11.8 Å². The van der Waals surface area contributed by atoms with Crippen molar-refractivity contribution in [2.75, 3.05) is 17.2 Å². The second kappa shape index (κ2) is 11.7.